The van der Waals surface area contributed by atoms with Crippen molar-refractivity contribution in [1.82, 2.24) is 4.90 Å². The van der Waals surface area contributed by atoms with Crippen LogP contribution in [0.2, 0.25) is 0 Å². The van der Waals surface area contributed by atoms with E-state index < -0.39 is 0 Å². The van der Waals surface area contributed by atoms with Crippen LogP contribution in [0.5, 0.6) is 0 Å². The summed E-state index contributed by atoms with van der Waals surface area (Å²) in [7, 11) is 3.61. The molecule has 2 aliphatic rings. The Morgan fingerprint density at radius 3 is 3.00 bits per heavy atom. The predicted octanol–water partition coefficient (Wildman–Crippen LogP) is 0.886. The molecule has 0 amide bonds. The molecule has 2 aliphatic heterocycles. The number of fused-ring (bicyclic) bond motifs is 1. The summed E-state index contributed by atoms with van der Waals surface area (Å²) in [5.74, 6) is 0. The van der Waals surface area contributed by atoms with Crippen molar-refractivity contribution in [3.63, 3.8) is 0 Å². The van der Waals surface area contributed by atoms with Crippen molar-refractivity contribution in [2.24, 2.45) is 0 Å². The molecule has 0 aliphatic carbocycles. The van der Waals surface area contributed by atoms with Crippen LogP contribution in [0.4, 0.5) is 0 Å². The molecule has 2 fully saturated rings. The van der Waals surface area contributed by atoms with Gasteiger partial charge in [-0.3, -0.25) is 4.90 Å². The SMILES string of the molecule is COCC12CCCN1CC(OC)C2. The normalized spacial score (nSPS) is 39.7. The lowest BCUT2D eigenvalue weighted by Gasteiger charge is -2.30. The molecule has 13 heavy (non-hydrogen) atoms. The topological polar surface area (TPSA) is 21.7 Å². The van der Waals surface area contributed by atoms with Gasteiger partial charge in [-0.1, -0.05) is 0 Å². The lowest BCUT2D eigenvalue weighted by atomic mass is 9.94. The van der Waals surface area contributed by atoms with E-state index in [-0.39, 0.29) is 0 Å². The summed E-state index contributed by atoms with van der Waals surface area (Å²) in [6.07, 6.45) is 4.17. The van der Waals surface area contributed by atoms with Gasteiger partial charge in [0.15, 0.2) is 0 Å². The van der Waals surface area contributed by atoms with Gasteiger partial charge in [0.25, 0.3) is 0 Å². The van der Waals surface area contributed by atoms with Crippen molar-refractivity contribution >= 4 is 0 Å². The van der Waals surface area contributed by atoms with Crippen molar-refractivity contribution < 1.29 is 9.47 Å². The van der Waals surface area contributed by atoms with Crippen molar-refractivity contribution in [2.75, 3.05) is 33.9 Å². The van der Waals surface area contributed by atoms with E-state index in [1.807, 2.05) is 7.11 Å². The Hall–Kier alpha value is -0.120. The second kappa shape index (κ2) is 3.56. The van der Waals surface area contributed by atoms with E-state index in [1.165, 1.54) is 19.4 Å². The number of hydrogen-bond acceptors (Lipinski definition) is 3. The van der Waals surface area contributed by atoms with Crippen LogP contribution in [-0.2, 0) is 9.47 Å². The maximum Gasteiger partial charge on any atom is 0.0716 e. The molecule has 0 saturated carbocycles. The van der Waals surface area contributed by atoms with Gasteiger partial charge in [0, 0.05) is 26.3 Å². The molecular weight excluding hydrogens is 166 g/mol. The predicted molar refractivity (Wildman–Crippen MR) is 50.8 cm³/mol. The standard InChI is InChI=1S/C10H19NO2/c1-12-8-10-4-3-5-11(10)7-9(6-10)13-2/h9H,3-8H2,1-2H3. The van der Waals surface area contributed by atoms with Crippen LogP contribution in [0.25, 0.3) is 0 Å². The first-order chi connectivity index (χ1) is 6.30. The Morgan fingerprint density at radius 2 is 2.31 bits per heavy atom. The highest BCUT2D eigenvalue weighted by Gasteiger charge is 2.48. The van der Waals surface area contributed by atoms with Gasteiger partial charge in [-0.25, -0.2) is 0 Å². The van der Waals surface area contributed by atoms with E-state index in [0.717, 1.165) is 19.6 Å². The fourth-order valence-electron chi connectivity index (χ4n) is 2.89. The second-order valence-electron chi connectivity index (χ2n) is 4.27. The van der Waals surface area contributed by atoms with Crippen LogP contribution in [0.15, 0.2) is 0 Å². The molecule has 0 N–H and O–H groups in total. The molecule has 2 heterocycles. The van der Waals surface area contributed by atoms with Crippen LogP contribution in [-0.4, -0.2) is 50.5 Å². The highest BCUT2D eigenvalue weighted by atomic mass is 16.5. The Kier molecular flexibility index (Phi) is 2.58. The van der Waals surface area contributed by atoms with E-state index in [4.69, 9.17) is 9.47 Å². The monoisotopic (exact) mass is 185 g/mol. The highest BCUT2D eigenvalue weighted by molar-refractivity contribution is 5.03. The van der Waals surface area contributed by atoms with E-state index in [1.54, 1.807) is 7.11 Å². The van der Waals surface area contributed by atoms with Crippen molar-refractivity contribution in [1.29, 1.82) is 0 Å². The van der Waals surface area contributed by atoms with Gasteiger partial charge in [-0.15, -0.1) is 0 Å². The Bertz CT molecular complexity index is 186. The minimum Gasteiger partial charge on any atom is -0.383 e. The maximum atomic E-state index is 5.42. The first kappa shape index (κ1) is 9.44. The zero-order chi connectivity index (χ0) is 9.31. The Labute approximate surface area is 80.0 Å². The summed E-state index contributed by atoms with van der Waals surface area (Å²) in [5, 5.41) is 0. The van der Waals surface area contributed by atoms with Crippen molar-refractivity contribution in [2.45, 2.75) is 30.9 Å². The van der Waals surface area contributed by atoms with Gasteiger partial charge in [0.05, 0.1) is 12.7 Å². The number of methoxy groups -OCH3 is 2. The van der Waals surface area contributed by atoms with Crippen LogP contribution in [0.1, 0.15) is 19.3 Å². The molecule has 76 valence electrons. The second-order valence-corrected chi connectivity index (χ2v) is 4.27. The molecule has 2 saturated heterocycles. The molecule has 2 rings (SSSR count). The van der Waals surface area contributed by atoms with Gasteiger partial charge in [0.2, 0.25) is 0 Å². The third-order valence-electron chi connectivity index (χ3n) is 3.52. The van der Waals surface area contributed by atoms with Gasteiger partial charge >= 0.3 is 0 Å². The fraction of sp³-hybridized carbons (Fsp3) is 1.00. The lowest BCUT2D eigenvalue weighted by molar-refractivity contribution is 0.0632. The molecule has 0 bridgehead atoms. The quantitative estimate of drug-likeness (QED) is 0.651. The maximum absolute atomic E-state index is 5.42. The number of rotatable bonds is 3. The average Bonchev–Trinajstić information content (AvgIpc) is 2.60. The van der Waals surface area contributed by atoms with Gasteiger partial charge in [-0.2, -0.15) is 0 Å². The van der Waals surface area contributed by atoms with E-state index >= 15 is 0 Å². The van der Waals surface area contributed by atoms with Crippen molar-refractivity contribution in [3.8, 4) is 0 Å². The van der Waals surface area contributed by atoms with E-state index in [2.05, 4.69) is 4.90 Å². The summed E-state index contributed by atoms with van der Waals surface area (Å²) in [5.41, 5.74) is 0.315. The molecule has 0 spiro atoms. The molecule has 2 atom stereocenters. The largest absolute Gasteiger partial charge is 0.383 e. The summed E-state index contributed by atoms with van der Waals surface area (Å²) in [6.45, 7) is 3.19. The summed E-state index contributed by atoms with van der Waals surface area (Å²) in [4.78, 5) is 2.55. The molecule has 0 aromatic heterocycles. The van der Waals surface area contributed by atoms with Crippen molar-refractivity contribution in [3.05, 3.63) is 0 Å². The minimum absolute atomic E-state index is 0.315. The third-order valence-corrected chi connectivity index (χ3v) is 3.52. The first-order valence-electron chi connectivity index (χ1n) is 5.07. The van der Waals surface area contributed by atoms with E-state index in [0.29, 0.717) is 11.6 Å². The summed E-state index contributed by atoms with van der Waals surface area (Å²) >= 11 is 0. The molecular formula is C10H19NO2. The van der Waals surface area contributed by atoms with Crippen LogP contribution in [0, 0.1) is 0 Å². The average molecular weight is 185 g/mol. The fourth-order valence-corrected chi connectivity index (χ4v) is 2.89. The molecule has 2 unspecified atom stereocenters. The molecule has 0 radical (unpaired) electrons. The zero-order valence-electron chi connectivity index (χ0n) is 8.58. The highest BCUT2D eigenvalue weighted by Crippen LogP contribution is 2.39. The molecule has 3 nitrogen and oxygen atoms in total. The number of ether oxygens (including phenoxy) is 2. The van der Waals surface area contributed by atoms with Gasteiger partial charge < -0.3 is 9.47 Å². The van der Waals surface area contributed by atoms with Crippen LogP contribution < -0.4 is 0 Å². The van der Waals surface area contributed by atoms with Crippen LogP contribution in [0.3, 0.4) is 0 Å². The summed E-state index contributed by atoms with van der Waals surface area (Å²) in [6, 6.07) is 0. The Balaban J connectivity index is 2.05. The van der Waals surface area contributed by atoms with Gasteiger partial charge in [0.1, 0.15) is 0 Å². The van der Waals surface area contributed by atoms with Crippen LogP contribution >= 0.6 is 0 Å². The molecule has 3 heteroatoms. The third kappa shape index (κ3) is 1.49. The first-order valence-corrected chi connectivity index (χ1v) is 5.07. The smallest absolute Gasteiger partial charge is 0.0716 e. The number of hydrogen-bond donors (Lipinski definition) is 0. The zero-order valence-corrected chi connectivity index (χ0v) is 8.58. The number of nitrogens with zero attached hydrogens (tertiary/aromatic N) is 1. The summed E-state index contributed by atoms with van der Waals surface area (Å²) < 4.78 is 10.7. The molecule has 0 aromatic rings. The Morgan fingerprint density at radius 1 is 1.46 bits per heavy atom. The molecule has 0 aromatic carbocycles. The minimum atomic E-state index is 0.315. The van der Waals surface area contributed by atoms with E-state index in [9.17, 15) is 0 Å². The van der Waals surface area contributed by atoms with Gasteiger partial charge in [-0.05, 0) is 25.8 Å². The lowest BCUT2D eigenvalue weighted by Crippen LogP contribution is -2.42.